The molecule has 0 saturated carbocycles. The predicted octanol–water partition coefficient (Wildman–Crippen LogP) is 3.06. The van der Waals surface area contributed by atoms with Crippen molar-refractivity contribution in [3.05, 3.63) is 33.3 Å². The summed E-state index contributed by atoms with van der Waals surface area (Å²) in [6.45, 7) is 13.4. The summed E-state index contributed by atoms with van der Waals surface area (Å²) in [5, 5.41) is 4.64. The Morgan fingerprint density at radius 2 is 2.05 bits per heavy atom. The van der Waals surface area contributed by atoms with Crippen molar-refractivity contribution in [2.75, 3.05) is 6.54 Å². The summed E-state index contributed by atoms with van der Waals surface area (Å²) < 4.78 is 2.26. The van der Waals surface area contributed by atoms with Crippen LogP contribution >= 0.6 is 11.3 Å². The third-order valence-electron chi connectivity index (χ3n) is 3.36. The van der Waals surface area contributed by atoms with Gasteiger partial charge in [-0.2, -0.15) is 0 Å². The lowest BCUT2D eigenvalue weighted by molar-refractivity contribution is 0.537. The summed E-state index contributed by atoms with van der Waals surface area (Å²) in [4.78, 5) is 10.4. The maximum Gasteiger partial charge on any atom is 0.113 e. The summed E-state index contributed by atoms with van der Waals surface area (Å²) in [6, 6.07) is 0. The Morgan fingerprint density at radius 3 is 2.65 bits per heavy atom. The molecule has 2 heterocycles. The molecule has 2 aromatic rings. The van der Waals surface area contributed by atoms with Crippen molar-refractivity contribution < 1.29 is 0 Å². The third kappa shape index (κ3) is 3.67. The largest absolute Gasteiger partial charge is 0.324 e. The van der Waals surface area contributed by atoms with Crippen LogP contribution in [0.4, 0.5) is 0 Å². The molecular formula is C15H24N4S. The van der Waals surface area contributed by atoms with Crippen LogP contribution in [0.1, 0.15) is 40.9 Å². The van der Waals surface area contributed by atoms with E-state index in [1.165, 1.54) is 10.6 Å². The van der Waals surface area contributed by atoms with Crippen molar-refractivity contribution in [3.63, 3.8) is 0 Å². The highest BCUT2D eigenvalue weighted by atomic mass is 32.1. The van der Waals surface area contributed by atoms with Gasteiger partial charge in [0.05, 0.1) is 17.9 Å². The van der Waals surface area contributed by atoms with E-state index in [0.29, 0.717) is 5.92 Å². The van der Waals surface area contributed by atoms with Gasteiger partial charge in [-0.3, -0.25) is 0 Å². The Labute approximate surface area is 125 Å². The van der Waals surface area contributed by atoms with Crippen LogP contribution < -0.4 is 5.32 Å². The monoisotopic (exact) mass is 292 g/mol. The van der Waals surface area contributed by atoms with Gasteiger partial charge in [-0.1, -0.05) is 13.8 Å². The number of aromatic nitrogens is 3. The average Bonchev–Trinajstić information content (AvgIpc) is 2.86. The predicted molar refractivity (Wildman–Crippen MR) is 84.2 cm³/mol. The first-order valence-electron chi connectivity index (χ1n) is 7.12. The number of rotatable bonds is 6. The van der Waals surface area contributed by atoms with Gasteiger partial charge in [0.1, 0.15) is 10.8 Å². The van der Waals surface area contributed by atoms with Gasteiger partial charge in [0.15, 0.2) is 0 Å². The maximum atomic E-state index is 4.63. The zero-order valence-corrected chi connectivity index (χ0v) is 13.8. The van der Waals surface area contributed by atoms with Crippen molar-refractivity contribution in [1.29, 1.82) is 0 Å². The van der Waals surface area contributed by atoms with Gasteiger partial charge in [0, 0.05) is 17.6 Å². The second kappa shape index (κ2) is 6.50. The molecule has 0 fully saturated rings. The van der Waals surface area contributed by atoms with Crippen LogP contribution in [-0.2, 0) is 13.1 Å². The summed E-state index contributed by atoms with van der Waals surface area (Å²) in [5.74, 6) is 1.72. The van der Waals surface area contributed by atoms with Crippen molar-refractivity contribution in [3.8, 4) is 0 Å². The van der Waals surface area contributed by atoms with E-state index in [1.807, 2.05) is 6.20 Å². The normalized spacial score (nSPS) is 11.5. The summed E-state index contributed by atoms with van der Waals surface area (Å²) in [7, 11) is 0. The quantitative estimate of drug-likeness (QED) is 0.890. The van der Waals surface area contributed by atoms with E-state index in [0.717, 1.165) is 36.2 Å². The standard InChI is InChI=1S/C15H24N4S/c1-10(2)6-16-7-14-8-17-13(5)19(14)9-15-18-11(3)12(4)20-15/h8,10,16H,6-7,9H2,1-5H3. The van der Waals surface area contributed by atoms with Gasteiger partial charge >= 0.3 is 0 Å². The van der Waals surface area contributed by atoms with Gasteiger partial charge in [0.2, 0.25) is 0 Å². The Bertz CT molecular complexity index is 549. The molecule has 0 radical (unpaired) electrons. The first-order chi connectivity index (χ1) is 9.47. The minimum atomic E-state index is 0.664. The number of thiazole rings is 1. The van der Waals surface area contributed by atoms with E-state index in [-0.39, 0.29) is 0 Å². The van der Waals surface area contributed by atoms with Crippen LogP contribution in [-0.4, -0.2) is 21.1 Å². The number of nitrogens with one attached hydrogen (secondary N) is 1. The lowest BCUT2D eigenvalue weighted by atomic mass is 10.2. The molecule has 0 aliphatic carbocycles. The molecule has 0 bridgehead atoms. The van der Waals surface area contributed by atoms with Crippen molar-refractivity contribution in [1.82, 2.24) is 19.9 Å². The second-order valence-electron chi connectivity index (χ2n) is 5.66. The smallest absolute Gasteiger partial charge is 0.113 e. The van der Waals surface area contributed by atoms with Gasteiger partial charge < -0.3 is 9.88 Å². The molecule has 0 aliphatic rings. The molecule has 4 nitrogen and oxygen atoms in total. The summed E-state index contributed by atoms with van der Waals surface area (Å²) >= 11 is 1.78. The molecule has 0 saturated heterocycles. The summed E-state index contributed by atoms with van der Waals surface area (Å²) in [5.41, 5.74) is 2.37. The van der Waals surface area contributed by atoms with Crippen LogP contribution in [0.25, 0.3) is 0 Å². The van der Waals surface area contributed by atoms with Crippen LogP contribution in [0.5, 0.6) is 0 Å². The molecule has 2 aromatic heterocycles. The summed E-state index contributed by atoms with van der Waals surface area (Å²) in [6.07, 6.45) is 1.97. The molecule has 0 amide bonds. The van der Waals surface area contributed by atoms with Crippen LogP contribution in [0, 0.1) is 26.7 Å². The van der Waals surface area contributed by atoms with Crippen molar-refractivity contribution >= 4 is 11.3 Å². The molecular weight excluding hydrogens is 268 g/mol. The molecule has 0 spiro atoms. The SMILES string of the molecule is Cc1nc(Cn2c(CNCC(C)C)cnc2C)sc1C. The Kier molecular flexibility index (Phi) is 4.94. The second-order valence-corrected chi connectivity index (χ2v) is 6.94. The van der Waals surface area contributed by atoms with Gasteiger partial charge in [0.25, 0.3) is 0 Å². The fourth-order valence-corrected chi connectivity index (χ4v) is 3.03. The number of aryl methyl sites for hydroxylation is 3. The van der Waals surface area contributed by atoms with E-state index < -0.39 is 0 Å². The van der Waals surface area contributed by atoms with E-state index in [9.17, 15) is 0 Å². The first kappa shape index (κ1) is 15.2. The van der Waals surface area contributed by atoms with E-state index in [2.05, 4.69) is 54.5 Å². The lowest BCUT2D eigenvalue weighted by Crippen LogP contribution is -2.21. The lowest BCUT2D eigenvalue weighted by Gasteiger charge is -2.11. The van der Waals surface area contributed by atoms with E-state index in [4.69, 9.17) is 0 Å². The molecule has 0 atom stereocenters. The van der Waals surface area contributed by atoms with Crippen LogP contribution in [0.15, 0.2) is 6.20 Å². The molecule has 2 rings (SSSR count). The topological polar surface area (TPSA) is 42.7 Å². The number of imidazole rings is 1. The minimum Gasteiger partial charge on any atom is -0.324 e. The van der Waals surface area contributed by atoms with Crippen molar-refractivity contribution in [2.24, 2.45) is 5.92 Å². The Morgan fingerprint density at radius 1 is 1.30 bits per heavy atom. The highest BCUT2D eigenvalue weighted by Gasteiger charge is 2.10. The first-order valence-corrected chi connectivity index (χ1v) is 7.93. The molecule has 0 aromatic carbocycles. The minimum absolute atomic E-state index is 0.664. The van der Waals surface area contributed by atoms with Crippen LogP contribution in [0.2, 0.25) is 0 Å². The highest BCUT2D eigenvalue weighted by Crippen LogP contribution is 2.19. The average molecular weight is 292 g/mol. The molecule has 110 valence electrons. The maximum absolute atomic E-state index is 4.63. The number of hydrogen-bond acceptors (Lipinski definition) is 4. The molecule has 20 heavy (non-hydrogen) atoms. The van der Waals surface area contributed by atoms with Gasteiger partial charge in [-0.05, 0) is 33.2 Å². The molecule has 0 unspecified atom stereocenters. The fourth-order valence-electron chi connectivity index (χ4n) is 2.10. The number of nitrogens with zero attached hydrogens (tertiary/aromatic N) is 3. The van der Waals surface area contributed by atoms with E-state index >= 15 is 0 Å². The molecule has 0 aliphatic heterocycles. The van der Waals surface area contributed by atoms with Crippen LogP contribution in [0.3, 0.4) is 0 Å². The fraction of sp³-hybridized carbons (Fsp3) is 0.600. The number of hydrogen-bond donors (Lipinski definition) is 1. The zero-order valence-electron chi connectivity index (χ0n) is 13.0. The zero-order chi connectivity index (χ0) is 14.7. The van der Waals surface area contributed by atoms with E-state index in [1.54, 1.807) is 11.3 Å². The van der Waals surface area contributed by atoms with Gasteiger partial charge in [-0.25, -0.2) is 9.97 Å². The molecule has 5 heteroatoms. The Hall–Kier alpha value is -1.20. The Balaban J connectivity index is 2.08. The molecule has 1 N–H and O–H groups in total. The highest BCUT2D eigenvalue weighted by molar-refractivity contribution is 7.11. The van der Waals surface area contributed by atoms with Gasteiger partial charge in [-0.15, -0.1) is 11.3 Å². The van der Waals surface area contributed by atoms with Crippen molar-refractivity contribution in [2.45, 2.75) is 47.7 Å². The third-order valence-corrected chi connectivity index (χ3v) is 4.42.